The molecule has 0 aliphatic heterocycles. The normalized spacial score (nSPS) is 10.7. The molecule has 0 atom stereocenters. The third kappa shape index (κ3) is 4.59. The first-order valence-corrected chi connectivity index (χ1v) is 6.95. The molecule has 2 rings (SSSR count). The van der Waals surface area contributed by atoms with Crippen LogP contribution in [0.5, 0.6) is 17.2 Å². The molecule has 0 unspecified atom stereocenters. The van der Waals surface area contributed by atoms with Crippen LogP contribution in [0.1, 0.15) is 15.9 Å². The monoisotopic (exact) mass is 314 g/mol. The molecule has 5 heteroatoms. The summed E-state index contributed by atoms with van der Waals surface area (Å²) in [6, 6.07) is 11.8. The fourth-order valence-corrected chi connectivity index (χ4v) is 1.94. The molecule has 0 heterocycles. The summed E-state index contributed by atoms with van der Waals surface area (Å²) in [6.07, 6.45) is 3.07. The Labute approximate surface area is 134 Å². The molecule has 0 radical (unpaired) electrons. The Kier molecular flexibility index (Phi) is 5.77. The van der Waals surface area contributed by atoms with Gasteiger partial charge in [0.1, 0.15) is 5.75 Å². The Morgan fingerprint density at radius 1 is 1.17 bits per heavy atom. The highest BCUT2D eigenvalue weighted by molar-refractivity contribution is 6.07. The van der Waals surface area contributed by atoms with E-state index >= 15 is 0 Å². The van der Waals surface area contributed by atoms with E-state index < -0.39 is 0 Å². The van der Waals surface area contributed by atoms with Crippen molar-refractivity contribution < 1.29 is 24.1 Å². The summed E-state index contributed by atoms with van der Waals surface area (Å²) in [5.41, 5.74) is 1.20. The van der Waals surface area contributed by atoms with E-state index in [4.69, 9.17) is 14.2 Å². The van der Waals surface area contributed by atoms with Gasteiger partial charge in [-0.2, -0.15) is 0 Å². The summed E-state index contributed by atoms with van der Waals surface area (Å²) in [4.78, 5) is 12.2. The van der Waals surface area contributed by atoms with E-state index in [9.17, 15) is 9.90 Å². The van der Waals surface area contributed by atoms with Gasteiger partial charge in [0.15, 0.2) is 24.1 Å². The van der Waals surface area contributed by atoms with Gasteiger partial charge in [0.2, 0.25) is 0 Å². The maximum Gasteiger partial charge on any atom is 0.188 e. The third-order valence-electron chi connectivity index (χ3n) is 3.09. The molecule has 5 nitrogen and oxygen atoms in total. The fraction of sp³-hybridized carbons (Fsp3) is 0.167. The molecule has 2 aromatic rings. The maximum atomic E-state index is 12.2. The van der Waals surface area contributed by atoms with Gasteiger partial charge in [-0.1, -0.05) is 24.3 Å². The number of ketones is 1. The molecule has 2 aromatic carbocycles. The van der Waals surface area contributed by atoms with Crippen molar-refractivity contribution >= 4 is 11.9 Å². The van der Waals surface area contributed by atoms with Crippen LogP contribution in [0.4, 0.5) is 0 Å². The van der Waals surface area contributed by atoms with Gasteiger partial charge in [0.05, 0.1) is 7.11 Å². The molecule has 0 aliphatic carbocycles. The number of phenols is 1. The molecule has 0 aliphatic rings. The van der Waals surface area contributed by atoms with E-state index in [1.165, 1.54) is 26.4 Å². The van der Waals surface area contributed by atoms with E-state index in [0.717, 1.165) is 0 Å². The van der Waals surface area contributed by atoms with E-state index in [2.05, 4.69) is 0 Å². The lowest BCUT2D eigenvalue weighted by Crippen LogP contribution is -2.00. The van der Waals surface area contributed by atoms with Gasteiger partial charge in [-0.3, -0.25) is 4.79 Å². The van der Waals surface area contributed by atoms with E-state index in [1.54, 1.807) is 42.5 Å². The number of benzene rings is 2. The minimum atomic E-state index is -0.164. The van der Waals surface area contributed by atoms with E-state index in [-0.39, 0.29) is 18.3 Å². The average molecular weight is 314 g/mol. The molecule has 0 aromatic heterocycles. The predicted molar refractivity (Wildman–Crippen MR) is 87.0 cm³/mol. The highest BCUT2D eigenvalue weighted by atomic mass is 16.7. The number of methoxy groups -OCH3 is 2. The summed E-state index contributed by atoms with van der Waals surface area (Å²) in [5, 5.41) is 9.72. The second kappa shape index (κ2) is 8.00. The highest BCUT2D eigenvalue weighted by Gasteiger charge is 2.05. The molecular formula is C18H18O5. The number of allylic oxidation sites excluding steroid dienone is 1. The molecule has 0 fully saturated rings. The van der Waals surface area contributed by atoms with Crippen molar-refractivity contribution in [3.63, 3.8) is 0 Å². The van der Waals surface area contributed by atoms with Crippen LogP contribution >= 0.6 is 0 Å². The first-order valence-electron chi connectivity index (χ1n) is 6.95. The SMILES string of the molecule is COCOc1cccc(C(=O)C=Cc2ccc(OC)c(O)c2)c1. The lowest BCUT2D eigenvalue weighted by molar-refractivity contribution is 0.0510. The first-order chi connectivity index (χ1) is 11.1. The van der Waals surface area contributed by atoms with Crippen molar-refractivity contribution in [2.45, 2.75) is 0 Å². The van der Waals surface area contributed by atoms with Crippen molar-refractivity contribution in [3.8, 4) is 17.2 Å². The number of carbonyl (C=O) groups excluding carboxylic acids is 1. The summed E-state index contributed by atoms with van der Waals surface area (Å²) in [6.45, 7) is 0.124. The van der Waals surface area contributed by atoms with Crippen molar-refractivity contribution in [2.24, 2.45) is 0 Å². The summed E-state index contributed by atoms with van der Waals surface area (Å²) >= 11 is 0. The zero-order valence-electron chi connectivity index (χ0n) is 13.0. The van der Waals surface area contributed by atoms with Gasteiger partial charge in [-0.25, -0.2) is 0 Å². The van der Waals surface area contributed by atoms with Gasteiger partial charge in [-0.05, 0) is 35.9 Å². The van der Waals surface area contributed by atoms with Crippen LogP contribution in [0.25, 0.3) is 6.08 Å². The average Bonchev–Trinajstić information content (AvgIpc) is 2.58. The van der Waals surface area contributed by atoms with E-state index in [0.29, 0.717) is 22.6 Å². The van der Waals surface area contributed by atoms with E-state index in [1.807, 2.05) is 0 Å². The van der Waals surface area contributed by atoms with Crippen molar-refractivity contribution in [1.82, 2.24) is 0 Å². The quantitative estimate of drug-likeness (QED) is 0.483. The summed E-state index contributed by atoms with van der Waals surface area (Å²) < 4.78 is 15.1. The maximum absolute atomic E-state index is 12.2. The molecule has 0 amide bonds. The smallest absolute Gasteiger partial charge is 0.188 e. The lowest BCUT2D eigenvalue weighted by atomic mass is 10.1. The minimum Gasteiger partial charge on any atom is -0.504 e. The summed E-state index contributed by atoms with van der Waals surface area (Å²) in [5.74, 6) is 0.810. The second-order valence-corrected chi connectivity index (χ2v) is 4.71. The molecule has 120 valence electrons. The van der Waals surface area contributed by atoms with Gasteiger partial charge in [0.25, 0.3) is 0 Å². The fourth-order valence-electron chi connectivity index (χ4n) is 1.94. The van der Waals surface area contributed by atoms with Crippen molar-refractivity contribution in [2.75, 3.05) is 21.0 Å². The van der Waals surface area contributed by atoms with Crippen LogP contribution in [0.2, 0.25) is 0 Å². The molecule has 23 heavy (non-hydrogen) atoms. The van der Waals surface area contributed by atoms with Gasteiger partial charge in [0, 0.05) is 12.7 Å². The zero-order chi connectivity index (χ0) is 16.7. The van der Waals surface area contributed by atoms with Crippen LogP contribution in [0.15, 0.2) is 48.5 Å². The second-order valence-electron chi connectivity index (χ2n) is 4.71. The van der Waals surface area contributed by atoms with Crippen LogP contribution in [0.3, 0.4) is 0 Å². The van der Waals surface area contributed by atoms with Crippen molar-refractivity contribution in [1.29, 1.82) is 0 Å². The van der Waals surface area contributed by atoms with Gasteiger partial charge < -0.3 is 19.3 Å². The molecule has 1 N–H and O–H groups in total. The summed E-state index contributed by atoms with van der Waals surface area (Å²) in [7, 11) is 3.01. The number of aromatic hydroxyl groups is 1. The Hall–Kier alpha value is -2.79. The zero-order valence-corrected chi connectivity index (χ0v) is 13.0. The molecule has 0 bridgehead atoms. The number of hydrogen-bond donors (Lipinski definition) is 1. The minimum absolute atomic E-state index is 0.0251. The number of phenolic OH excluding ortho intramolecular Hbond substituents is 1. The number of hydrogen-bond acceptors (Lipinski definition) is 5. The topological polar surface area (TPSA) is 65.0 Å². The predicted octanol–water partition coefficient (Wildman–Crippen LogP) is 3.28. The van der Waals surface area contributed by atoms with Crippen LogP contribution < -0.4 is 9.47 Å². The number of ether oxygens (including phenoxy) is 3. The molecule has 0 spiro atoms. The largest absolute Gasteiger partial charge is 0.504 e. The lowest BCUT2D eigenvalue weighted by Gasteiger charge is -2.05. The third-order valence-corrected chi connectivity index (χ3v) is 3.09. The highest BCUT2D eigenvalue weighted by Crippen LogP contribution is 2.26. The first kappa shape index (κ1) is 16.6. The van der Waals surface area contributed by atoms with Crippen LogP contribution in [-0.2, 0) is 4.74 Å². The Morgan fingerprint density at radius 3 is 2.70 bits per heavy atom. The standard InChI is InChI=1S/C18H18O5/c1-21-12-23-15-5-3-4-14(11-15)16(19)8-6-13-7-9-18(22-2)17(20)10-13/h3-11,20H,12H2,1-2H3. The Morgan fingerprint density at radius 2 is 2.00 bits per heavy atom. The Balaban J connectivity index is 2.10. The van der Waals surface area contributed by atoms with Gasteiger partial charge >= 0.3 is 0 Å². The van der Waals surface area contributed by atoms with Crippen LogP contribution in [-0.4, -0.2) is 31.9 Å². The number of carbonyl (C=O) groups is 1. The Bertz CT molecular complexity index is 706. The van der Waals surface area contributed by atoms with Crippen molar-refractivity contribution in [3.05, 3.63) is 59.7 Å². The molecule has 0 saturated heterocycles. The van der Waals surface area contributed by atoms with Gasteiger partial charge in [-0.15, -0.1) is 0 Å². The molecule has 0 saturated carbocycles. The molecular weight excluding hydrogens is 296 g/mol. The van der Waals surface area contributed by atoms with Crippen LogP contribution in [0, 0.1) is 0 Å². The number of rotatable bonds is 7.